The van der Waals surface area contributed by atoms with Crippen LogP contribution >= 0.6 is 11.8 Å². The van der Waals surface area contributed by atoms with Crippen LogP contribution in [0.5, 0.6) is 0 Å². The highest BCUT2D eigenvalue weighted by Gasteiger charge is 2.53. The van der Waals surface area contributed by atoms with E-state index in [9.17, 15) is 14.4 Å². The smallest absolute Gasteiger partial charge is 0.255 e. The van der Waals surface area contributed by atoms with Gasteiger partial charge in [-0.3, -0.25) is 19.7 Å². The summed E-state index contributed by atoms with van der Waals surface area (Å²) in [5.41, 5.74) is 1.68. The number of amides is 3. The Bertz CT molecular complexity index is 786. The number of hydrogen-bond donors (Lipinski definition) is 2. The number of rotatable bonds is 3. The molecule has 7 heteroatoms. The van der Waals surface area contributed by atoms with E-state index in [4.69, 9.17) is 0 Å². The van der Waals surface area contributed by atoms with Crippen LogP contribution in [-0.2, 0) is 16.1 Å². The van der Waals surface area contributed by atoms with Crippen molar-refractivity contribution in [1.29, 1.82) is 0 Å². The average Bonchev–Trinajstić information content (AvgIpc) is 2.94. The fourth-order valence-corrected chi connectivity index (χ4v) is 5.84. The summed E-state index contributed by atoms with van der Waals surface area (Å²) >= 11 is 1.91. The van der Waals surface area contributed by atoms with Gasteiger partial charge in [-0.15, -0.1) is 11.8 Å². The number of piperidine rings is 2. The standard InChI is InChI=1S/C18H19N3O3S/c22-15-4-3-14(17(23)20-15)21-8-9-5-10(1-2-11(9)18(21)24)25-16-12-6-19-7-13(12)16/h1-2,5,12-14,16,19H,3-4,6-8H2,(H,20,22,23). The lowest BCUT2D eigenvalue weighted by Crippen LogP contribution is -2.52. The Morgan fingerprint density at radius 2 is 1.92 bits per heavy atom. The minimum Gasteiger partial charge on any atom is -0.322 e. The molecule has 1 aromatic carbocycles. The lowest BCUT2D eigenvalue weighted by Gasteiger charge is -2.29. The van der Waals surface area contributed by atoms with Crippen LogP contribution in [0, 0.1) is 11.8 Å². The zero-order valence-electron chi connectivity index (χ0n) is 13.7. The minimum atomic E-state index is -0.539. The van der Waals surface area contributed by atoms with E-state index in [-0.39, 0.29) is 24.1 Å². The van der Waals surface area contributed by atoms with Gasteiger partial charge in [-0.2, -0.15) is 0 Å². The third-order valence-electron chi connectivity index (χ3n) is 5.78. The van der Waals surface area contributed by atoms with Crippen LogP contribution < -0.4 is 10.6 Å². The molecule has 6 nitrogen and oxygen atoms in total. The van der Waals surface area contributed by atoms with Crippen molar-refractivity contribution >= 4 is 29.5 Å². The Hall–Kier alpha value is -1.86. The second-order valence-electron chi connectivity index (χ2n) is 7.29. The molecule has 3 heterocycles. The van der Waals surface area contributed by atoms with Crippen LogP contribution in [0.4, 0.5) is 0 Å². The molecule has 3 amide bonds. The predicted octanol–water partition coefficient (Wildman–Crippen LogP) is 0.758. The van der Waals surface area contributed by atoms with Gasteiger partial charge in [0.05, 0.1) is 0 Å². The zero-order chi connectivity index (χ0) is 17.1. The maximum absolute atomic E-state index is 12.7. The van der Waals surface area contributed by atoms with Crippen LogP contribution in [0.2, 0.25) is 0 Å². The van der Waals surface area contributed by atoms with Crippen LogP contribution in [0.15, 0.2) is 23.1 Å². The second-order valence-corrected chi connectivity index (χ2v) is 8.54. The fourth-order valence-electron chi connectivity index (χ4n) is 4.32. The van der Waals surface area contributed by atoms with E-state index in [0.29, 0.717) is 23.8 Å². The van der Waals surface area contributed by atoms with Gasteiger partial charge in [-0.25, -0.2) is 0 Å². The van der Waals surface area contributed by atoms with E-state index >= 15 is 0 Å². The molecular formula is C18H19N3O3S. The first-order chi connectivity index (χ1) is 12.1. The number of benzene rings is 1. The summed E-state index contributed by atoms with van der Waals surface area (Å²) in [5.74, 6) is 0.868. The molecule has 3 unspecified atom stereocenters. The third-order valence-corrected chi connectivity index (χ3v) is 7.28. The number of hydrogen-bond acceptors (Lipinski definition) is 5. The fraction of sp³-hybridized carbons (Fsp3) is 0.500. The molecule has 130 valence electrons. The summed E-state index contributed by atoms with van der Waals surface area (Å²) in [6.45, 7) is 2.69. The SMILES string of the molecule is O=C1CCC(N2Cc3cc(SC4C5CNCC54)ccc3C2=O)C(=O)N1. The van der Waals surface area contributed by atoms with Gasteiger partial charge in [0.15, 0.2) is 0 Å². The summed E-state index contributed by atoms with van der Waals surface area (Å²) in [4.78, 5) is 38.9. The van der Waals surface area contributed by atoms with Gasteiger partial charge < -0.3 is 10.2 Å². The molecule has 4 aliphatic rings. The first-order valence-corrected chi connectivity index (χ1v) is 9.65. The Balaban J connectivity index is 1.32. The van der Waals surface area contributed by atoms with Gasteiger partial charge >= 0.3 is 0 Å². The van der Waals surface area contributed by atoms with Gasteiger partial charge in [0.2, 0.25) is 11.8 Å². The summed E-state index contributed by atoms with van der Waals surface area (Å²) in [5, 5.41) is 6.44. The third kappa shape index (κ3) is 2.48. The highest BCUT2D eigenvalue weighted by Crippen LogP contribution is 2.52. The van der Waals surface area contributed by atoms with E-state index in [1.807, 2.05) is 23.9 Å². The second kappa shape index (κ2) is 5.57. The monoisotopic (exact) mass is 357 g/mol. The first-order valence-electron chi connectivity index (χ1n) is 8.77. The van der Waals surface area contributed by atoms with Gasteiger partial charge in [0.25, 0.3) is 5.91 Å². The molecule has 1 aliphatic carbocycles. The number of imide groups is 1. The molecule has 5 rings (SSSR count). The molecule has 0 aromatic heterocycles. The molecule has 3 fully saturated rings. The van der Waals surface area contributed by atoms with Crippen molar-refractivity contribution in [3.8, 4) is 0 Å². The van der Waals surface area contributed by atoms with E-state index in [1.165, 1.54) is 4.90 Å². The van der Waals surface area contributed by atoms with Crippen LogP contribution in [-0.4, -0.2) is 47.0 Å². The molecule has 3 atom stereocenters. The molecule has 0 spiro atoms. The highest BCUT2D eigenvalue weighted by molar-refractivity contribution is 8.00. The van der Waals surface area contributed by atoms with E-state index in [2.05, 4.69) is 16.7 Å². The number of carbonyl (C=O) groups is 3. The highest BCUT2D eigenvalue weighted by atomic mass is 32.2. The molecule has 2 N–H and O–H groups in total. The van der Waals surface area contributed by atoms with E-state index in [1.54, 1.807) is 4.90 Å². The Morgan fingerprint density at radius 3 is 2.68 bits per heavy atom. The molecule has 0 radical (unpaired) electrons. The number of nitrogens with zero attached hydrogens (tertiary/aromatic N) is 1. The van der Waals surface area contributed by atoms with Gasteiger partial charge in [0, 0.05) is 28.7 Å². The van der Waals surface area contributed by atoms with Crippen molar-refractivity contribution in [2.24, 2.45) is 11.8 Å². The largest absolute Gasteiger partial charge is 0.322 e. The van der Waals surface area contributed by atoms with Crippen molar-refractivity contribution in [2.45, 2.75) is 35.6 Å². The Labute approximate surface area is 149 Å². The lowest BCUT2D eigenvalue weighted by atomic mass is 10.0. The average molecular weight is 357 g/mol. The van der Waals surface area contributed by atoms with Crippen molar-refractivity contribution < 1.29 is 14.4 Å². The maximum Gasteiger partial charge on any atom is 0.255 e. The summed E-state index contributed by atoms with van der Waals surface area (Å²) in [6.07, 6.45) is 0.695. The molecule has 3 aliphatic heterocycles. The van der Waals surface area contributed by atoms with Crippen LogP contribution in [0.25, 0.3) is 0 Å². The van der Waals surface area contributed by atoms with Gasteiger partial charge in [-0.1, -0.05) is 0 Å². The van der Waals surface area contributed by atoms with Crippen LogP contribution in [0.1, 0.15) is 28.8 Å². The molecule has 2 saturated heterocycles. The van der Waals surface area contributed by atoms with Gasteiger partial charge in [-0.05, 0) is 55.1 Å². The van der Waals surface area contributed by atoms with Crippen molar-refractivity contribution in [3.05, 3.63) is 29.3 Å². The number of thioether (sulfide) groups is 1. The van der Waals surface area contributed by atoms with Crippen molar-refractivity contribution in [2.75, 3.05) is 13.1 Å². The number of fused-ring (bicyclic) bond motifs is 2. The molecule has 1 saturated carbocycles. The molecule has 0 bridgehead atoms. The molecule has 25 heavy (non-hydrogen) atoms. The lowest BCUT2D eigenvalue weighted by molar-refractivity contribution is -0.136. The summed E-state index contributed by atoms with van der Waals surface area (Å²) in [7, 11) is 0. The molecular weight excluding hydrogens is 338 g/mol. The maximum atomic E-state index is 12.7. The topological polar surface area (TPSA) is 78.5 Å². The van der Waals surface area contributed by atoms with Gasteiger partial charge in [0.1, 0.15) is 6.04 Å². The van der Waals surface area contributed by atoms with Crippen LogP contribution in [0.3, 0.4) is 0 Å². The van der Waals surface area contributed by atoms with E-state index < -0.39 is 6.04 Å². The Morgan fingerprint density at radius 1 is 1.12 bits per heavy atom. The summed E-state index contributed by atoms with van der Waals surface area (Å²) in [6, 6.07) is 5.48. The zero-order valence-corrected chi connectivity index (χ0v) is 14.5. The minimum absolute atomic E-state index is 0.103. The Kier molecular flexibility index (Phi) is 3.43. The number of nitrogens with one attached hydrogen (secondary N) is 2. The quantitative estimate of drug-likeness (QED) is 0.781. The van der Waals surface area contributed by atoms with Crippen molar-refractivity contribution in [1.82, 2.24) is 15.5 Å². The van der Waals surface area contributed by atoms with Crippen molar-refractivity contribution in [3.63, 3.8) is 0 Å². The van der Waals surface area contributed by atoms with E-state index in [0.717, 1.165) is 30.5 Å². The first kappa shape index (κ1) is 15.4. The summed E-state index contributed by atoms with van der Waals surface area (Å²) < 4.78 is 0. The normalized spacial score (nSPS) is 33.3. The number of carbonyl (C=O) groups excluding carboxylic acids is 3. The molecule has 1 aromatic rings. The predicted molar refractivity (Wildman–Crippen MR) is 92.0 cm³/mol.